The first-order valence-electron chi connectivity index (χ1n) is 9.91. The number of halogens is 1. The van der Waals surface area contributed by atoms with E-state index in [1.165, 1.54) is 18.3 Å². The third-order valence-electron chi connectivity index (χ3n) is 4.83. The quantitative estimate of drug-likeness (QED) is 0.405. The van der Waals surface area contributed by atoms with Crippen molar-refractivity contribution < 1.29 is 13.2 Å². The molecule has 0 heterocycles. The summed E-state index contributed by atoms with van der Waals surface area (Å²) in [6, 6.07) is 19.0. The van der Waals surface area contributed by atoms with Crippen LogP contribution in [0.15, 0.2) is 76.7 Å². The van der Waals surface area contributed by atoms with Crippen molar-refractivity contribution in [3.63, 3.8) is 0 Å². The largest absolute Gasteiger partial charge is 0.271 e. The van der Waals surface area contributed by atoms with Gasteiger partial charge < -0.3 is 0 Å². The Morgan fingerprint density at radius 1 is 1.00 bits per heavy atom. The molecule has 0 bridgehead atoms. The number of carbonyl (C=O) groups excluding carboxylic acids is 1. The second-order valence-corrected chi connectivity index (χ2v) is 9.70. The van der Waals surface area contributed by atoms with E-state index in [4.69, 9.17) is 11.6 Å². The van der Waals surface area contributed by atoms with Gasteiger partial charge in [-0.15, -0.1) is 0 Å². The lowest BCUT2D eigenvalue weighted by Gasteiger charge is -2.25. The number of nitrogens with zero attached hydrogens (tertiary/aromatic N) is 2. The van der Waals surface area contributed by atoms with Crippen LogP contribution in [0.3, 0.4) is 0 Å². The highest BCUT2D eigenvalue weighted by Crippen LogP contribution is 2.28. The highest BCUT2D eigenvalue weighted by Gasteiger charge is 2.28. The standard InChI is InChI=1S/C24H24ClN3O3S/c1-17-9-12-21(13-10-17)32(30,31)28(23-14-18(2)8-11-19(23)3)16-24(29)27-26-15-20-6-4-5-7-22(20)25/h4-15H,16H2,1-3H3,(H,27,29). The summed E-state index contributed by atoms with van der Waals surface area (Å²) in [5, 5.41) is 4.42. The number of aryl methyl sites for hydroxylation is 3. The van der Waals surface area contributed by atoms with Gasteiger partial charge in [0.2, 0.25) is 0 Å². The summed E-state index contributed by atoms with van der Waals surface area (Å²) < 4.78 is 28.1. The lowest BCUT2D eigenvalue weighted by molar-refractivity contribution is -0.119. The molecule has 1 N–H and O–H groups in total. The number of nitrogens with one attached hydrogen (secondary N) is 1. The van der Waals surface area contributed by atoms with Crippen molar-refractivity contribution in [2.24, 2.45) is 5.10 Å². The Bertz CT molecular complexity index is 1260. The number of hydrazone groups is 1. The average Bonchev–Trinajstić information content (AvgIpc) is 2.75. The Balaban J connectivity index is 1.91. The minimum Gasteiger partial charge on any atom is -0.271 e. The summed E-state index contributed by atoms with van der Waals surface area (Å²) in [7, 11) is -3.99. The molecule has 0 aliphatic heterocycles. The van der Waals surface area contributed by atoms with Crippen molar-refractivity contribution in [3.05, 3.63) is 94.0 Å². The minimum atomic E-state index is -3.99. The molecule has 3 rings (SSSR count). The molecule has 0 saturated carbocycles. The van der Waals surface area contributed by atoms with Crippen molar-refractivity contribution in [2.75, 3.05) is 10.8 Å². The van der Waals surface area contributed by atoms with Crippen LogP contribution in [0.25, 0.3) is 0 Å². The molecule has 0 saturated heterocycles. The molecule has 0 aliphatic carbocycles. The molecule has 0 spiro atoms. The summed E-state index contributed by atoms with van der Waals surface area (Å²) in [4.78, 5) is 12.8. The first-order chi connectivity index (χ1) is 15.2. The lowest BCUT2D eigenvalue weighted by Crippen LogP contribution is -2.40. The Morgan fingerprint density at radius 2 is 1.66 bits per heavy atom. The first kappa shape index (κ1) is 23.5. The van der Waals surface area contributed by atoms with E-state index in [1.807, 2.05) is 26.0 Å². The Labute approximate surface area is 193 Å². The number of anilines is 1. The summed E-state index contributed by atoms with van der Waals surface area (Å²) >= 11 is 6.08. The average molecular weight is 470 g/mol. The van der Waals surface area contributed by atoms with Crippen LogP contribution in [0.2, 0.25) is 5.02 Å². The van der Waals surface area contributed by atoms with Crippen molar-refractivity contribution in [1.29, 1.82) is 0 Å². The second-order valence-electron chi connectivity index (χ2n) is 7.43. The Kier molecular flexibility index (Phi) is 7.33. The molecule has 0 radical (unpaired) electrons. The van der Waals surface area contributed by atoms with Gasteiger partial charge in [0.15, 0.2) is 0 Å². The van der Waals surface area contributed by atoms with Crippen molar-refractivity contribution >= 4 is 39.4 Å². The van der Waals surface area contributed by atoms with Crippen LogP contribution < -0.4 is 9.73 Å². The zero-order valence-electron chi connectivity index (χ0n) is 18.0. The predicted molar refractivity (Wildman–Crippen MR) is 129 cm³/mol. The molecule has 0 aromatic heterocycles. The van der Waals surface area contributed by atoms with Gasteiger partial charge in [-0.05, 0) is 56.2 Å². The molecular formula is C24H24ClN3O3S. The number of amides is 1. The predicted octanol–water partition coefficient (Wildman–Crippen LogP) is 4.61. The molecule has 6 nitrogen and oxygen atoms in total. The van der Waals surface area contributed by atoms with Gasteiger partial charge in [-0.1, -0.05) is 59.6 Å². The van der Waals surface area contributed by atoms with E-state index in [1.54, 1.807) is 49.4 Å². The SMILES string of the molecule is Cc1ccc(S(=O)(=O)N(CC(=O)NN=Cc2ccccc2Cl)c2cc(C)ccc2C)cc1. The second kappa shape index (κ2) is 9.97. The molecule has 32 heavy (non-hydrogen) atoms. The lowest BCUT2D eigenvalue weighted by atomic mass is 10.1. The third-order valence-corrected chi connectivity index (χ3v) is 6.95. The van der Waals surface area contributed by atoms with Gasteiger partial charge in [0.05, 0.1) is 16.8 Å². The summed E-state index contributed by atoms with van der Waals surface area (Å²) in [5.74, 6) is -0.579. The van der Waals surface area contributed by atoms with Crippen LogP contribution in [0.5, 0.6) is 0 Å². The van der Waals surface area contributed by atoms with Gasteiger partial charge in [0.25, 0.3) is 15.9 Å². The molecule has 0 atom stereocenters. The van der Waals surface area contributed by atoms with Crippen LogP contribution in [0.4, 0.5) is 5.69 Å². The van der Waals surface area contributed by atoms with Gasteiger partial charge in [0.1, 0.15) is 6.54 Å². The monoisotopic (exact) mass is 469 g/mol. The van der Waals surface area contributed by atoms with Crippen molar-refractivity contribution in [2.45, 2.75) is 25.7 Å². The molecule has 0 fully saturated rings. The maximum atomic E-state index is 13.5. The smallest absolute Gasteiger partial charge is 0.264 e. The molecule has 8 heteroatoms. The fourth-order valence-corrected chi connectivity index (χ4v) is 4.71. The molecule has 1 amide bonds. The fourth-order valence-electron chi connectivity index (χ4n) is 3.04. The van der Waals surface area contributed by atoms with E-state index in [-0.39, 0.29) is 4.90 Å². The molecule has 0 aliphatic rings. The van der Waals surface area contributed by atoms with E-state index in [9.17, 15) is 13.2 Å². The normalized spacial score (nSPS) is 11.5. The number of sulfonamides is 1. The van der Waals surface area contributed by atoms with Gasteiger partial charge >= 0.3 is 0 Å². The van der Waals surface area contributed by atoms with Crippen LogP contribution in [0, 0.1) is 20.8 Å². The topological polar surface area (TPSA) is 78.8 Å². The zero-order chi connectivity index (χ0) is 23.3. The first-order valence-corrected chi connectivity index (χ1v) is 11.7. The van der Waals surface area contributed by atoms with Crippen LogP contribution >= 0.6 is 11.6 Å². The Hall–Kier alpha value is -3.16. The highest BCUT2D eigenvalue weighted by atomic mass is 35.5. The van der Waals surface area contributed by atoms with Gasteiger partial charge in [-0.25, -0.2) is 13.8 Å². The van der Waals surface area contributed by atoms with E-state index in [2.05, 4.69) is 10.5 Å². The Morgan fingerprint density at radius 3 is 2.34 bits per heavy atom. The molecular weight excluding hydrogens is 446 g/mol. The van der Waals surface area contributed by atoms with Crippen LogP contribution in [-0.2, 0) is 14.8 Å². The molecule has 3 aromatic rings. The van der Waals surface area contributed by atoms with Gasteiger partial charge in [0, 0.05) is 10.6 Å². The fraction of sp³-hybridized carbons (Fsp3) is 0.167. The van der Waals surface area contributed by atoms with Gasteiger partial charge in [-0.2, -0.15) is 5.10 Å². The van der Waals surface area contributed by atoms with E-state index >= 15 is 0 Å². The highest BCUT2D eigenvalue weighted by molar-refractivity contribution is 7.92. The van der Waals surface area contributed by atoms with E-state index < -0.39 is 22.5 Å². The molecule has 166 valence electrons. The number of rotatable bonds is 7. The zero-order valence-corrected chi connectivity index (χ0v) is 19.6. The minimum absolute atomic E-state index is 0.108. The molecule has 3 aromatic carbocycles. The van der Waals surface area contributed by atoms with Crippen molar-refractivity contribution in [3.8, 4) is 0 Å². The summed E-state index contributed by atoms with van der Waals surface area (Å²) in [5.41, 5.74) is 6.02. The number of hydrogen-bond acceptors (Lipinski definition) is 4. The molecule has 0 unspecified atom stereocenters. The van der Waals surface area contributed by atoms with E-state index in [0.717, 1.165) is 21.0 Å². The van der Waals surface area contributed by atoms with Gasteiger partial charge in [-0.3, -0.25) is 9.10 Å². The summed E-state index contributed by atoms with van der Waals surface area (Å²) in [6.45, 7) is 5.12. The van der Waals surface area contributed by atoms with Crippen molar-refractivity contribution in [1.82, 2.24) is 5.43 Å². The number of carbonyl (C=O) groups is 1. The maximum Gasteiger partial charge on any atom is 0.264 e. The summed E-state index contributed by atoms with van der Waals surface area (Å²) in [6.07, 6.45) is 1.41. The number of benzene rings is 3. The van der Waals surface area contributed by atoms with Crippen LogP contribution in [0.1, 0.15) is 22.3 Å². The third kappa shape index (κ3) is 5.55. The number of hydrogen-bond donors (Lipinski definition) is 1. The van der Waals surface area contributed by atoms with E-state index in [0.29, 0.717) is 16.3 Å². The maximum absolute atomic E-state index is 13.5. The van der Waals surface area contributed by atoms with Crippen LogP contribution in [-0.4, -0.2) is 27.1 Å².